The quantitative estimate of drug-likeness (QED) is 0.192. The van der Waals surface area contributed by atoms with E-state index in [2.05, 4.69) is 29.1 Å². The molecule has 6 heteroatoms. The van der Waals surface area contributed by atoms with Crippen LogP contribution >= 0.6 is 0 Å². The molecular formula is C22H23N3O3. The molecule has 0 amide bonds. The lowest BCUT2D eigenvalue weighted by atomic mass is 9.67. The van der Waals surface area contributed by atoms with E-state index in [9.17, 15) is 9.90 Å². The van der Waals surface area contributed by atoms with Crippen LogP contribution < -0.4 is 4.74 Å². The first-order valence-corrected chi connectivity index (χ1v) is 9.78. The van der Waals surface area contributed by atoms with Gasteiger partial charge in [-0.3, -0.25) is 4.79 Å². The number of aryl methyl sites for hydroxylation is 1. The maximum Gasteiger partial charge on any atom is 0.311 e. The van der Waals surface area contributed by atoms with Gasteiger partial charge < -0.3 is 9.84 Å². The van der Waals surface area contributed by atoms with Crippen LogP contribution in [0, 0.1) is 5.92 Å². The Kier molecular flexibility index (Phi) is 4.97. The summed E-state index contributed by atoms with van der Waals surface area (Å²) in [5, 5.41) is 13.9. The summed E-state index contributed by atoms with van der Waals surface area (Å²) in [5.74, 6) is 0.849. The van der Waals surface area contributed by atoms with Crippen LogP contribution in [0.4, 0.5) is 0 Å². The normalized spacial score (nSPS) is 19.2. The van der Waals surface area contributed by atoms with Gasteiger partial charge in [-0.25, -0.2) is 0 Å². The van der Waals surface area contributed by atoms with E-state index in [1.165, 1.54) is 17.5 Å². The first kappa shape index (κ1) is 18.4. The Morgan fingerprint density at radius 1 is 1.32 bits per heavy atom. The van der Waals surface area contributed by atoms with Crippen molar-refractivity contribution in [2.75, 3.05) is 6.54 Å². The summed E-state index contributed by atoms with van der Waals surface area (Å²) in [6.07, 6.45) is 3.68. The number of nitrogens with zero attached hydrogens (tertiary/aromatic N) is 3. The molecule has 2 aromatic rings. The van der Waals surface area contributed by atoms with Crippen LogP contribution in [0.25, 0.3) is 21.6 Å². The lowest BCUT2D eigenvalue weighted by molar-refractivity contribution is -0.134. The van der Waals surface area contributed by atoms with Crippen LogP contribution in [0.1, 0.15) is 48.8 Å². The minimum absolute atomic E-state index is 0.0259. The topological polar surface area (TPSA) is 95.3 Å². The number of phenols is 1. The van der Waals surface area contributed by atoms with E-state index in [-0.39, 0.29) is 24.5 Å². The summed E-state index contributed by atoms with van der Waals surface area (Å²) in [6.45, 7) is 2.55. The largest absolute Gasteiger partial charge is 0.504 e. The fourth-order valence-electron chi connectivity index (χ4n) is 4.58. The highest BCUT2D eigenvalue weighted by Gasteiger charge is 2.35. The minimum atomic E-state index is -0.433. The van der Waals surface area contributed by atoms with Gasteiger partial charge in [0.05, 0.1) is 0 Å². The zero-order chi connectivity index (χ0) is 19.7. The zero-order valence-corrected chi connectivity index (χ0v) is 15.9. The predicted molar refractivity (Wildman–Crippen MR) is 106 cm³/mol. The van der Waals surface area contributed by atoms with Gasteiger partial charge in [0, 0.05) is 23.4 Å². The molecule has 0 aliphatic heterocycles. The third-order valence-corrected chi connectivity index (χ3v) is 5.97. The maximum absolute atomic E-state index is 12.3. The van der Waals surface area contributed by atoms with Gasteiger partial charge in [-0.1, -0.05) is 36.3 Å². The molecule has 0 aromatic heterocycles. The van der Waals surface area contributed by atoms with Gasteiger partial charge in [-0.05, 0) is 71.4 Å². The van der Waals surface area contributed by atoms with Crippen molar-refractivity contribution >= 4 is 5.97 Å². The Hall–Kier alpha value is -2.98. The van der Waals surface area contributed by atoms with Crippen LogP contribution in [0.3, 0.4) is 0 Å². The summed E-state index contributed by atoms with van der Waals surface area (Å²) in [6, 6.07) is 9.86. The van der Waals surface area contributed by atoms with Crippen molar-refractivity contribution in [2.45, 2.75) is 44.9 Å². The Morgan fingerprint density at radius 2 is 2.18 bits per heavy atom. The highest BCUT2D eigenvalue weighted by atomic mass is 16.5. The number of phenolic OH excluding ortho intramolecular Hbond substituents is 1. The number of ether oxygens (including phenoxy) is 1. The monoisotopic (exact) mass is 377 g/mol. The van der Waals surface area contributed by atoms with Crippen molar-refractivity contribution in [3.8, 4) is 22.6 Å². The van der Waals surface area contributed by atoms with Gasteiger partial charge >= 0.3 is 5.97 Å². The molecule has 0 fully saturated rings. The van der Waals surface area contributed by atoms with Gasteiger partial charge in [-0.2, -0.15) is 0 Å². The first-order valence-electron chi connectivity index (χ1n) is 9.78. The van der Waals surface area contributed by atoms with Crippen LogP contribution in [0.15, 0.2) is 35.4 Å². The number of carbonyl (C=O) groups excluding carboxylic acids is 1. The molecule has 6 nitrogen and oxygen atoms in total. The van der Waals surface area contributed by atoms with Crippen molar-refractivity contribution in [1.29, 1.82) is 0 Å². The number of azide groups is 1. The summed E-state index contributed by atoms with van der Waals surface area (Å²) in [7, 11) is 0. The number of esters is 1. The molecule has 0 bridgehead atoms. The highest BCUT2D eigenvalue weighted by molar-refractivity contribution is 5.86. The first-order chi connectivity index (χ1) is 13.6. The molecule has 2 atom stereocenters. The lowest BCUT2D eigenvalue weighted by Crippen LogP contribution is -2.24. The molecule has 144 valence electrons. The van der Waals surface area contributed by atoms with E-state index < -0.39 is 5.97 Å². The van der Waals surface area contributed by atoms with E-state index in [0.717, 1.165) is 29.5 Å². The van der Waals surface area contributed by atoms with Gasteiger partial charge in [0.15, 0.2) is 11.5 Å². The number of rotatable bonds is 5. The molecule has 2 aliphatic carbocycles. The van der Waals surface area contributed by atoms with E-state index in [4.69, 9.17) is 10.3 Å². The Balaban J connectivity index is 1.72. The average Bonchev–Trinajstić information content (AvgIpc) is 2.70. The molecule has 0 radical (unpaired) electrons. The molecule has 2 aliphatic rings. The van der Waals surface area contributed by atoms with Crippen LogP contribution in [0.5, 0.6) is 11.5 Å². The summed E-state index contributed by atoms with van der Waals surface area (Å²) in [4.78, 5) is 15.0. The summed E-state index contributed by atoms with van der Waals surface area (Å²) in [5.41, 5.74) is 14.1. The molecule has 0 saturated carbocycles. The van der Waals surface area contributed by atoms with Crippen molar-refractivity contribution in [2.24, 2.45) is 11.0 Å². The minimum Gasteiger partial charge on any atom is -0.504 e. The number of carbonyl (C=O) groups is 1. The Labute approximate surface area is 163 Å². The second-order valence-corrected chi connectivity index (χ2v) is 7.68. The van der Waals surface area contributed by atoms with Crippen LogP contribution in [-0.2, 0) is 17.6 Å². The number of hydrogen-bond donors (Lipinski definition) is 1. The second kappa shape index (κ2) is 7.56. The number of aromatic hydroxyl groups is 1. The fourth-order valence-corrected chi connectivity index (χ4v) is 4.58. The van der Waals surface area contributed by atoms with Gasteiger partial charge in [0.25, 0.3) is 0 Å². The molecule has 0 heterocycles. The second-order valence-electron chi connectivity index (χ2n) is 7.68. The Bertz CT molecular complexity index is 979. The zero-order valence-electron chi connectivity index (χ0n) is 15.9. The third-order valence-electron chi connectivity index (χ3n) is 5.97. The van der Waals surface area contributed by atoms with Crippen LogP contribution in [0.2, 0.25) is 0 Å². The number of fused-ring (bicyclic) bond motifs is 2. The van der Waals surface area contributed by atoms with E-state index >= 15 is 0 Å². The van der Waals surface area contributed by atoms with Crippen molar-refractivity contribution in [3.05, 3.63) is 57.5 Å². The average molecular weight is 377 g/mol. The number of benzene rings is 2. The summed E-state index contributed by atoms with van der Waals surface area (Å²) < 4.78 is 5.61. The fraction of sp³-hybridized carbons (Fsp3) is 0.409. The molecular weight excluding hydrogens is 354 g/mol. The molecule has 1 N–H and O–H groups in total. The molecule has 1 unspecified atom stereocenters. The lowest BCUT2D eigenvalue weighted by Gasteiger charge is -2.38. The molecule has 4 rings (SSSR count). The summed E-state index contributed by atoms with van der Waals surface area (Å²) >= 11 is 0. The maximum atomic E-state index is 12.3. The smallest absolute Gasteiger partial charge is 0.311 e. The highest BCUT2D eigenvalue weighted by Crippen LogP contribution is 2.52. The van der Waals surface area contributed by atoms with Crippen molar-refractivity contribution in [3.63, 3.8) is 0 Å². The predicted octanol–water partition coefficient (Wildman–Crippen LogP) is 5.28. The van der Waals surface area contributed by atoms with E-state index in [1.54, 1.807) is 6.07 Å². The van der Waals surface area contributed by atoms with E-state index in [0.29, 0.717) is 18.3 Å². The molecule has 28 heavy (non-hydrogen) atoms. The molecule has 2 aromatic carbocycles. The van der Waals surface area contributed by atoms with Gasteiger partial charge in [-0.15, -0.1) is 0 Å². The van der Waals surface area contributed by atoms with Crippen LogP contribution in [-0.4, -0.2) is 17.6 Å². The molecule has 0 spiro atoms. The van der Waals surface area contributed by atoms with Gasteiger partial charge in [0.1, 0.15) is 0 Å². The molecule has 0 saturated heterocycles. The van der Waals surface area contributed by atoms with Crippen molar-refractivity contribution in [1.82, 2.24) is 0 Å². The third kappa shape index (κ3) is 3.20. The SMILES string of the molecule is CC1CCc2cccc3c2[C@H]1Cc1ccc(O)c(OC(=O)CCCN=[N+]=[N-])c1-3. The number of hydrogen-bond acceptors (Lipinski definition) is 4. The van der Waals surface area contributed by atoms with E-state index in [1.807, 2.05) is 12.1 Å². The van der Waals surface area contributed by atoms with Crippen molar-refractivity contribution < 1.29 is 14.6 Å². The van der Waals surface area contributed by atoms with Gasteiger partial charge in [0.2, 0.25) is 0 Å². The standard InChI is InChI=1S/C22H23N3O3/c1-13-7-8-14-4-2-5-16-20(14)17(13)12-15-9-10-18(26)22(21(15)16)28-19(27)6-3-11-24-25-23/h2,4-5,9-10,13,17,26H,3,6-8,11-12H2,1H3/t13?,17-/m0/s1. The Morgan fingerprint density at radius 3 is 3.00 bits per heavy atom.